The fourth-order valence-electron chi connectivity index (χ4n) is 2.20. The molecule has 0 aliphatic rings. The molecule has 0 saturated carbocycles. The van der Waals surface area contributed by atoms with Gasteiger partial charge in [0.25, 0.3) is 5.91 Å². The molecule has 0 saturated heterocycles. The van der Waals surface area contributed by atoms with Crippen LogP contribution in [0.15, 0.2) is 47.1 Å². The Morgan fingerprint density at radius 1 is 1.04 bits per heavy atom. The van der Waals surface area contributed by atoms with Crippen LogP contribution in [0.1, 0.15) is 43.3 Å². The summed E-state index contributed by atoms with van der Waals surface area (Å²) in [6.07, 6.45) is 1.64. The maximum absolute atomic E-state index is 12.0. The van der Waals surface area contributed by atoms with Crippen LogP contribution >= 0.6 is 0 Å². The molecule has 1 aromatic carbocycles. The number of hydrogen-bond donors (Lipinski definition) is 3. The van der Waals surface area contributed by atoms with E-state index in [-0.39, 0.29) is 29.9 Å². The molecule has 0 atom stereocenters. The molecule has 1 aromatic heterocycles. The second-order valence-electron chi connectivity index (χ2n) is 7.16. The second-order valence-corrected chi connectivity index (χ2v) is 7.16. The topological polar surface area (TPSA) is 100 Å². The third-order valence-electron chi connectivity index (χ3n) is 3.74. The van der Waals surface area contributed by atoms with Gasteiger partial charge in [-0.1, -0.05) is 32.9 Å². The number of benzene rings is 1. The molecular weight excluding hydrogens is 346 g/mol. The summed E-state index contributed by atoms with van der Waals surface area (Å²) in [5, 5.41) is 8.28. The number of carbonyl (C=O) groups is 3. The smallest absolute Gasteiger partial charge is 0.291 e. The Hall–Kier alpha value is -3.09. The van der Waals surface area contributed by atoms with Crippen LogP contribution in [0.3, 0.4) is 0 Å². The van der Waals surface area contributed by atoms with Gasteiger partial charge in [0.05, 0.1) is 6.26 Å². The number of nitrogens with one attached hydrogen (secondary N) is 3. The molecule has 1 heterocycles. The van der Waals surface area contributed by atoms with Gasteiger partial charge in [0, 0.05) is 30.6 Å². The standard InChI is InChI=1S/C20H25N3O4/c1-20(2,3)19(26)21-10-9-17(24)22-13-14-6-4-7-15(12-14)23-18(25)16-8-5-11-27-16/h4-8,11-12H,9-10,13H2,1-3H3,(H,21,26)(H,22,24)(H,23,25). The molecular formula is C20H25N3O4. The first-order chi connectivity index (χ1) is 12.8. The third-order valence-corrected chi connectivity index (χ3v) is 3.74. The van der Waals surface area contributed by atoms with Crippen molar-refractivity contribution in [2.75, 3.05) is 11.9 Å². The fraction of sp³-hybridized carbons (Fsp3) is 0.350. The minimum Gasteiger partial charge on any atom is -0.459 e. The Kier molecular flexibility index (Phi) is 6.76. The SMILES string of the molecule is CC(C)(C)C(=O)NCCC(=O)NCc1cccc(NC(=O)c2ccco2)c1. The maximum atomic E-state index is 12.0. The van der Waals surface area contributed by atoms with E-state index in [4.69, 9.17) is 4.42 Å². The Bertz CT molecular complexity index is 792. The third kappa shape index (κ3) is 6.62. The van der Waals surface area contributed by atoms with Gasteiger partial charge in [-0.15, -0.1) is 0 Å². The highest BCUT2D eigenvalue weighted by Crippen LogP contribution is 2.13. The van der Waals surface area contributed by atoms with Gasteiger partial charge in [0.1, 0.15) is 0 Å². The number of amides is 3. The second kappa shape index (κ2) is 9.02. The molecule has 2 rings (SSSR count). The first-order valence-electron chi connectivity index (χ1n) is 8.74. The van der Waals surface area contributed by atoms with Crippen LogP contribution in [0.25, 0.3) is 0 Å². The molecule has 0 aliphatic carbocycles. The van der Waals surface area contributed by atoms with Crippen LogP contribution in [0, 0.1) is 5.41 Å². The predicted molar refractivity (Wildman–Crippen MR) is 102 cm³/mol. The molecule has 7 heteroatoms. The van der Waals surface area contributed by atoms with E-state index >= 15 is 0 Å². The average molecular weight is 371 g/mol. The summed E-state index contributed by atoms with van der Waals surface area (Å²) in [7, 11) is 0. The highest BCUT2D eigenvalue weighted by Gasteiger charge is 2.20. The van der Waals surface area contributed by atoms with E-state index < -0.39 is 5.41 Å². The van der Waals surface area contributed by atoms with Gasteiger partial charge in [-0.2, -0.15) is 0 Å². The van der Waals surface area contributed by atoms with E-state index in [1.807, 2.05) is 26.8 Å². The molecule has 2 aromatic rings. The molecule has 7 nitrogen and oxygen atoms in total. The van der Waals surface area contributed by atoms with Crippen LogP contribution in [0.5, 0.6) is 0 Å². The molecule has 0 fully saturated rings. The van der Waals surface area contributed by atoms with Gasteiger partial charge in [-0.3, -0.25) is 14.4 Å². The lowest BCUT2D eigenvalue weighted by Crippen LogP contribution is -2.37. The number of anilines is 1. The number of carbonyl (C=O) groups excluding carboxylic acids is 3. The summed E-state index contributed by atoms with van der Waals surface area (Å²) in [4.78, 5) is 35.7. The number of furan rings is 1. The van der Waals surface area contributed by atoms with Gasteiger partial charge in [-0.05, 0) is 29.8 Å². The van der Waals surface area contributed by atoms with Crippen molar-refractivity contribution in [2.45, 2.75) is 33.7 Å². The first-order valence-corrected chi connectivity index (χ1v) is 8.74. The highest BCUT2D eigenvalue weighted by atomic mass is 16.3. The van der Waals surface area contributed by atoms with E-state index in [0.717, 1.165) is 5.56 Å². The molecule has 0 radical (unpaired) electrons. The van der Waals surface area contributed by atoms with Crippen molar-refractivity contribution in [3.63, 3.8) is 0 Å². The number of rotatable bonds is 7. The van der Waals surface area contributed by atoms with Gasteiger partial charge >= 0.3 is 0 Å². The lowest BCUT2D eigenvalue weighted by atomic mass is 9.96. The van der Waals surface area contributed by atoms with Gasteiger partial charge < -0.3 is 20.4 Å². The molecule has 0 unspecified atom stereocenters. The quantitative estimate of drug-likeness (QED) is 0.697. The summed E-state index contributed by atoms with van der Waals surface area (Å²) in [5.41, 5.74) is 0.983. The summed E-state index contributed by atoms with van der Waals surface area (Å²) in [6, 6.07) is 10.4. The molecule has 0 aliphatic heterocycles. The van der Waals surface area contributed by atoms with Crippen molar-refractivity contribution < 1.29 is 18.8 Å². The number of hydrogen-bond acceptors (Lipinski definition) is 4. The molecule has 27 heavy (non-hydrogen) atoms. The fourth-order valence-corrected chi connectivity index (χ4v) is 2.20. The Morgan fingerprint density at radius 3 is 2.48 bits per heavy atom. The largest absolute Gasteiger partial charge is 0.459 e. The van der Waals surface area contributed by atoms with Crippen molar-refractivity contribution in [2.24, 2.45) is 5.41 Å². The normalized spacial score (nSPS) is 10.9. The van der Waals surface area contributed by atoms with Crippen molar-refractivity contribution in [3.05, 3.63) is 54.0 Å². The zero-order chi connectivity index (χ0) is 19.9. The van der Waals surface area contributed by atoms with Crippen LogP contribution in [0.2, 0.25) is 0 Å². The monoisotopic (exact) mass is 371 g/mol. The minimum absolute atomic E-state index is 0.0877. The Balaban J connectivity index is 1.78. The molecule has 3 amide bonds. The summed E-state index contributed by atoms with van der Waals surface area (Å²) in [6.45, 7) is 6.08. The summed E-state index contributed by atoms with van der Waals surface area (Å²) < 4.78 is 5.05. The molecule has 0 bridgehead atoms. The van der Waals surface area contributed by atoms with Crippen LogP contribution in [-0.2, 0) is 16.1 Å². The lowest BCUT2D eigenvalue weighted by Gasteiger charge is -2.17. The predicted octanol–water partition coefficient (Wildman–Crippen LogP) is 2.70. The molecule has 3 N–H and O–H groups in total. The van der Waals surface area contributed by atoms with E-state index in [1.54, 1.807) is 30.3 Å². The van der Waals surface area contributed by atoms with Gasteiger partial charge in [0.15, 0.2) is 5.76 Å². The maximum Gasteiger partial charge on any atom is 0.291 e. The first kappa shape index (κ1) is 20.2. The Labute approximate surface area is 158 Å². The van der Waals surface area contributed by atoms with Crippen LogP contribution in [0.4, 0.5) is 5.69 Å². The zero-order valence-corrected chi connectivity index (χ0v) is 15.8. The van der Waals surface area contributed by atoms with E-state index in [2.05, 4.69) is 16.0 Å². The summed E-state index contributed by atoms with van der Waals surface area (Å²) >= 11 is 0. The summed E-state index contributed by atoms with van der Waals surface area (Å²) in [5.74, 6) is -0.355. The van der Waals surface area contributed by atoms with E-state index in [1.165, 1.54) is 6.26 Å². The molecule has 0 spiro atoms. The highest BCUT2D eigenvalue weighted by molar-refractivity contribution is 6.02. The van der Waals surface area contributed by atoms with E-state index in [9.17, 15) is 14.4 Å². The van der Waals surface area contributed by atoms with Crippen molar-refractivity contribution in [1.29, 1.82) is 0 Å². The lowest BCUT2D eigenvalue weighted by molar-refractivity contribution is -0.128. The minimum atomic E-state index is -0.475. The average Bonchev–Trinajstić information content (AvgIpc) is 3.14. The Morgan fingerprint density at radius 2 is 1.81 bits per heavy atom. The van der Waals surface area contributed by atoms with Crippen molar-refractivity contribution in [1.82, 2.24) is 10.6 Å². The van der Waals surface area contributed by atoms with Crippen LogP contribution < -0.4 is 16.0 Å². The van der Waals surface area contributed by atoms with Crippen LogP contribution in [-0.4, -0.2) is 24.3 Å². The van der Waals surface area contributed by atoms with Gasteiger partial charge in [0.2, 0.25) is 11.8 Å². The van der Waals surface area contributed by atoms with E-state index in [0.29, 0.717) is 18.8 Å². The van der Waals surface area contributed by atoms with Gasteiger partial charge in [-0.25, -0.2) is 0 Å². The molecule has 144 valence electrons. The van der Waals surface area contributed by atoms with Crippen molar-refractivity contribution in [3.8, 4) is 0 Å². The van der Waals surface area contributed by atoms with Crippen molar-refractivity contribution >= 4 is 23.4 Å². The zero-order valence-electron chi connectivity index (χ0n) is 15.8.